The number of pyridine rings is 1. The van der Waals surface area contributed by atoms with Gasteiger partial charge in [0.15, 0.2) is 15.6 Å². The number of rotatable bonds is 10. The Bertz CT molecular complexity index is 1740. The van der Waals surface area contributed by atoms with Crippen molar-refractivity contribution in [2.75, 3.05) is 18.2 Å². The van der Waals surface area contributed by atoms with Crippen molar-refractivity contribution in [2.24, 2.45) is 0 Å². The summed E-state index contributed by atoms with van der Waals surface area (Å²) < 4.78 is 58.5. The van der Waals surface area contributed by atoms with Crippen LogP contribution in [-0.4, -0.2) is 41.4 Å². The van der Waals surface area contributed by atoms with E-state index >= 15 is 0 Å². The van der Waals surface area contributed by atoms with Gasteiger partial charge < -0.3 is 10.5 Å². The maximum absolute atomic E-state index is 14.7. The fourth-order valence-corrected chi connectivity index (χ4v) is 6.04. The van der Waals surface area contributed by atoms with Crippen molar-refractivity contribution >= 4 is 39.1 Å². The second kappa shape index (κ2) is 11.2. The van der Waals surface area contributed by atoms with Crippen LogP contribution in [0.15, 0.2) is 66.5 Å². The molecule has 2 N–H and O–H groups in total. The maximum atomic E-state index is 14.7. The first-order chi connectivity index (χ1) is 19.1. The van der Waals surface area contributed by atoms with Gasteiger partial charge in [-0.2, -0.15) is 5.10 Å². The number of aromatic nitrogens is 3. The lowest BCUT2D eigenvalue weighted by Gasteiger charge is -2.10. The van der Waals surface area contributed by atoms with E-state index in [2.05, 4.69) is 10.1 Å². The van der Waals surface area contributed by atoms with Crippen molar-refractivity contribution in [3.8, 4) is 17.3 Å². The summed E-state index contributed by atoms with van der Waals surface area (Å²) >= 11 is 6.47. The molecule has 2 heterocycles. The number of alkyl halides is 1. The highest BCUT2D eigenvalue weighted by Crippen LogP contribution is 2.33. The zero-order valence-corrected chi connectivity index (χ0v) is 22.6. The summed E-state index contributed by atoms with van der Waals surface area (Å²) in [6.45, 7) is -0.765. The second-order valence-electron chi connectivity index (χ2n) is 9.19. The number of ether oxygens (including phenoxy) is 1. The van der Waals surface area contributed by atoms with Gasteiger partial charge in [-0.3, -0.25) is 9.18 Å². The number of hydrogen-bond donors (Lipinski definition) is 1. The molecule has 1 aliphatic rings. The van der Waals surface area contributed by atoms with Crippen LogP contribution >= 0.6 is 11.6 Å². The van der Waals surface area contributed by atoms with Crippen molar-refractivity contribution < 1.29 is 26.7 Å². The van der Waals surface area contributed by atoms with Crippen LogP contribution in [0, 0.1) is 5.82 Å². The summed E-state index contributed by atoms with van der Waals surface area (Å²) in [5, 5.41) is 4.52. The zero-order valence-electron chi connectivity index (χ0n) is 21.0. The Balaban J connectivity index is 1.34. The lowest BCUT2D eigenvalue weighted by atomic mass is 10.0. The second-order valence-corrected chi connectivity index (χ2v) is 11.8. The minimum Gasteiger partial charge on any atom is -0.439 e. The van der Waals surface area contributed by atoms with Crippen molar-refractivity contribution in [3.63, 3.8) is 0 Å². The molecule has 0 unspecified atom stereocenters. The van der Waals surface area contributed by atoms with Gasteiger partial charge in [0.05, 0.1) is 40.7 Å². The fourth-order valence-electron chi connectivity index (χ4n) is 4.40. The Hall–Kier alpha value is -4.09. The van der Waals surface area contributed by atoms with Crippen LogP contribution in [-0.2, 0) is 22.0 Å². The Labute approximate surface area is 234 Å². The Morgan fingerprint density at radius 1 is 1.18 bits per heavy atom. The Morgan fingerprint density at radius 2 is 2.00 bits per heavy atom. The molecule has 0 radical (unpaired) electrons. The van der Waals surface area contributed by atoms with Crippen molar-refractivity contribution in [1.29, 1.82) is 0 Å². The molecule has 4 aromatic rings. The monoisotopic (exact) mass is 584 g/mol. The first-order valence-corrected chi connectivity index (χ1v) is 14.4. The zero-order chi connectivity index (χ0) is 28.4. The summed E-state index contributed by atoms with van der Waals surface area (Å²) in [7, 11) is -3.67. The molecule has 0 saturated heterocycles. The van der Waals surface area contributed by atoms with Crippen LogP contribution in [0.4, 0.5) is 14.6 Å². The van der Waals surface area contributed by atoms with E-state index in [0.29, 0.717) is 34.0 Å². The number of anilines is 1. The van der Waals surface area contributed by atoms with E-state index in [-0.39, 0.29) is 40.6 Å². The Morgan fingerprint density at radius 3 is 2.73 bits per heavy atom. The molecule has 0 spiro atoms. The van der Waals surface area contributed by atoms with Gasteiger partial charge in [-0.15, -0.1) is 0 Å². The van der Waals surface area contributed by atoms with Gasteiger partial charge in [-0.05, 0) is 47.9 Å². The molecule has 1 aliphatic carbocycles. The maximum Gasteiger partial charge on any atom is 0.219 e. The van der Waals surface area contributed by atoms with Gasteiger partial charge >= 0.3 is 0 Å². The average Bonchev–Trinajstić information content (AvgIpc) is 3.51. The number of carbonyl (C=O) groups excluding carboxylic acids is 1. The topological polar surface area (TPSA) is 117 Å². The fraction of sp³-hybridized carbons (Fsp3) is 0.179. The lowest BCUT2D eigenvalue weighted by Crippen LogP contribution is -2.11. The number of benzene rings is 2. The predicted octanol–water partition coefficient (Wildman–Crippen LogP) is 5.53. The van der Waals surface area contributed by atoms with Gasteiger partial charge in [0.25, 0.3) is 0 Å². The largest absolute Gasteiger partial charge is 0.439 e. The van der Waals surface area contributed by atoms with Crippen LogP contribution in [0.1, 0.15) is 33.5 Å². The molecular formula is C28H23ClF2N4O4S. The highest BCUT2D eigenvalue weighted by atomic mass is 35.5. The number of nitrogens with zero attached hydrogens (tertiary/aromatic N) is 3. The number of sulfone groups is 1. The molecule has 206 valence electrons. The van der Waals surface area contributed by atoms with Gasteiger partial charge in [-0.25, -0.2) is 22.5 Å². The predicted molar refractivity (Wildman–Crippen MR) is 148 cm³/mol. The number of halogens is 3. The normalized spacial score (nSPS) is 12.7. The van der Waals surface area contributed by atoms with E-state index in [4.69, 9.17) is 22.1 Å². The van der Waals surface area contributed by atoms with E-state index < -0.39 is 33.9 Å². The number of ketones is 1. The van der Waals surface area contributed by atoms with E-state index in [0.717, 1.165) is 0 Å². The number of carbonyl (C=O) groups is 1. The molecule has 2 aromatic heterocycles. The molecule has 0 fully saturated rings. The molecule has 8 nitrogen and oxygen atoms in total. The minimum absolute atomic E-state index is 0.0165. The number of allylic oxidation sites excluding steroid dienone is 1. The van der Waals surface area contributed by atoms with E-state index in [9.17, 15) is 22.0 Å². The molecule has 12 heteroatoms. The number of nitrogen functional groups attached to an aromatic ring is 1. The summed E-state index contributed by atoms with van der Waals surface area (Å²) in [4.78, 5) is 17.5. The van der Waals surface area contributed by atoms with Crippen molar-refractivity contribution in [3.05, 3.63) is 99.6 Å². The lowest BCUT2D eigenvalue weighted by molar-refractivity contribution is 0.103. The molecular weight excluding hydrogens is 562 g/mol. The van der Waals surface area contributed by atoms with Crippen LogP contribution in [0.25, 0.3) is 11.8 Å². The quantitative estimate of drug-likeness (QED) is 0.243. The molecule has 0 amide bonds. The molecule has 0 aliphatic heterocycles. The van der Waals surface area contributed by atoms with Crippen LogP contribution in [0.3, 0.4) is 0 Å². The molecule has 0 saturated carbocycles. The summed E-state index contributed by atoms with van der Waals surface area (Å²) in [6.07, 6.45) is 4.51. The standard InChI is InChI=1S/C28H23ClF2N4O4S/c29-23-14-21(39-26-4-1-2-8-33-26)5-6-25(23)35-28(32)22(15-34-35)27(36)19-10-17-12-20(24(31)13-18(17)11-19)16-40(37,38)9-3-7-30/h1-2,4-6,8,11-15H,3,7,9-10,16,32H2. The van der Waals surface area contributed by atoms with Gasteiger partial charge in [0, 0.05) is 35.9 Å². The van der Waals surface area contributed by atoms with Gasteiger partial charge in [-0.1, -0.05) is 23.7 Å². The average molecular weight is 585 g/mol. The van der Waals surface area contributed by atoms with Crippen LogP contribution < -0.4 is 10.5 Å². The van der Waals surface area contributed by atoms with Gasteiger partial charge in [0.2, 0.25) is 5.88 Å². The molecule has 5 rings (SSSR count). The minimum atomic E-state index is -3.67. The highest BCUT2D eigenvalue weighted by Gasteiger charge is 2.26. The number of nitrogens with two attached hydrogens (primary N) is 1. The summed E-state index contributed by atoms with van der Waals surface area (Å²) in [5.74, 6) is -1.10. The van der Waals surface area contributed by atoms with E-state index in [1.54, 1.807) is 48.7 Å². The third-order valence-electron chi connectivity index (χ3n) is 6.33. The summed E-state index contributed by atoms with van der Waals surface area (Å²) in [5.41, 5.74) is 8.28. The number of fused-ring (bicyclic) bond motifs is 1. The van der Waals surface area contributed by atoms with Crippen molar-refractivity contribution in [2.45, 2.75) is 18.6 Å². The number of hydrogen-bond acceptors (Lipinski definition) is 7. The first kappa shape index (κ1) is 27.5. The third-order valence-corrected chi connectivity index (χ3v) is 8.30. The van der Waals surface area contributed by atoms with E-state index in [1.807, 2.05) is 0 Å². The third kappa shape index (κ3) is 5.75. The Kier molecular flexibility index (Phi) is 7.68. The van der Waals surface area contributed by atoms with Crippen LogP contribution in [0.2, 0.25) is 5.02 Å². The summed E-state index contributed by atoms with van der Waals surface area (Å²) in [6, 6.07) is 12.8. The SMILES string of the molecule is Nc1c(C(=O)C2=Cc3cc(F)c(CS(=O)(=O)CCCF)cc3C2)cnn1-c1ccc(Oc2ccccn2)cc1Cl. The smallest absolute Gasteiger partial charge is 0.219 e. The molecule has 40 heavy (non-hydrogen) atoms. The van der Waals surface area contributed by atoms with Gasteiger partial charge in [0.1, 0.15) is 17.4 Å². The van der Waals surface area contributed by atoms with Crippen LogP contribution in [0.5, 0.6) is 11.6 Å². The first-order valence-electron chi connectivity index (χ1n) is 12.2. The molecule has 0 atom stereocenters. The van der Waals surface area contributed by atoms with Crippen molar-refractivity contribution in [1.82, 2.24) is 14.8 Å². The number of Topliss-reactive ketones (excluding diaryl/α,β-unsaturated/α-hetero) is 1. The molecule has 2 aromatic carbocycles. The molecule has 0 bridgehead atoms. The van der Waals surface area contributed by atoms with E-state index in [1.165, 1.54) is 23.0 Å². The highest BCUT2D eigenvalue weighted by molar-refractivity contribution is 7.90.